The summed E-state index contributed by atoms with van der Waals surface area (Å²) in [5.74, 6) is 0.791. The Kier molecular flexibility index (Phi) is 4.94. The molecule has 0 saturated heterocycles. The van der Waals surface area contributed by atoms with E-state index < -0.39 is 5.41 Å². The van der Waals surface area contributed by atoms with Crippen LogP contribution in [0.1, 0.15) is 26.3 Å². The average molecular weight is 312 g/mol. The molecule has 0 aliphatic rings. The van der Waals surface area contributed by atoms with E-state index in [2.05, 4.69) is 10.6 Å². The van der Waals surface area contributed by atoms with Gasteiger partial charge in [0.15, 0.2) is 0 Å². The van der Waals surface area contributed by atoms with Gasteiger partial charge in [0.05, 0.1) is 12.8 Å². The molecule has 2 N–H and O–H groups in total. The quantitative estimate of drug-likeness (QED) is 0.858. The van der Waals surface area contributed by atoms with Crippen molar-refractivity contribution < 1.29 is 9.53 Å². The number of anilines is 3. The molecule has 0 aromatic heterocycles. The van der Waals surface area contributed by atoms with Crippen LogP contribution < -0.4 is 15.4 Å². The molecule has 2 aromatic carbocycles. The number of aryl methyl sites for hydroxylation is 1. The lowest BCUT2D eigenvalue weighted by Crippen LogP contribution is -2.27. The minimum atomic E-state index is -0.411. The van der Waals surface area contributed by atoms with Gasteiger partial charge in [-0.2, -0.15) is 0 Å². The van der Waals surface area contributed by atoms with Crippen molar-refractivity contribution in [3.05, 3.63) is 48.0 Å². The third-order valence-electron chi connectivity index (χ3n) is 3.46. The number of hydrogen-bond acceptors (Lipinski definition) is 3. The van der Waals surface area contributed by atoms with Crippen molar-refractivity contribution >= 4 is 23.0 Å². The van der Waals surface area contributed by atoms with Crippen LogP contribution in [0.2, 0.25) is 0 Å². The van der Waals surface area contributed by atoms with Gasteiger partial charge in [-0.15, -0.1) is 0 Å². The summed E-state index contributed by atoms with van der Waals surface area (Å²) in [5.41, 5.74) is 3.38. The second-order valence-corrected chi connectivity index (χ2v) is 6.61. The summed E-state index contributed by atoms with van der Waals surface area (Å²) < 4.78 is 5.37. The van der Waals surface area contributed by atoms with Crippen molar-refractivity contribution in [2.75, 3.05) is 17.7 Å². The Morgan fingerprint density at radius 2 is 1.61 bits per heavy atom. The molecule has 23 heavy (non-hydrogen) atoms. The van der Waals surface area contributed by atoms with Crippen molar-refractivity contribution in [3.8, 4) is 5.75 Å². The van der Waals surface area contributed by atoms with E-state index in [4.69, 9.17) is 4.74 Å². The van der Waals surface area contributed by atoms with E-state index in [9.17, 15) is 4.79 Å². The first kappa shape index (κ1) is 16.9. The van der Waals surface area contributed by atoms with E-state index in [1.807, 2.05) is 70.2 Å². The molecule has 2 rings (SSSR count). The van der Waals surface area contributed by atoms with Crippen molar-refractivity contribution in [2.45, 2.75) is 27.7 Å². The van der Waals surface area contributed by atoms with Gasteiger partial charge < -0.3 is 15.4 Å². The Labute approximate surface area is 137 Å². The van der Waals surface area contributed by atoms with Gasteiger partial charge in [-0.25, -0.2) is 0 Å². The van der Waals surface area contributed by atoms with Gasteiger partial charge >= 0.3 is 0 Å². The number of carbonyl (C=O) groups excluding carboxylic acids is 1. The first-order chi connectivity index (χ1) is 10.8. The van der Waals surface area contributed by atoms with Gasteiger partial charge in [-0.05, 0) is 48.9 Å². The molecule has 0 radical (unpaired) electrons. The predicted octanol–water partition coefficient (Wildman–Crippen LogP) is 4.73. The molecular weight excluding hydrogens is 288 g/mol. The minimum absolute atomic E-state index is 0.00133. The fourth-order valence-corrected chi connectivity index (χ4v) is 2.03. The van der Waals surface area contributed by atoms with Crippen LogP contribution in [-0.2, 0) is 4.79 Å². The van der Waals surface area contributed by atoms with Crippen LogP contribution in [0, 0.1) is 12.3 Å². The summed E-state index contributed by atoms with van der Waals surface area (Å²) in [7, 11) is 1.65. The Balaban J connectivity index is 2.12. The number of rotatable bonds is 4. The van der Waals surface area contributed by atoms with Gasteiger partial charge in [-0.1, -0.05) is 26.8 Å². The summed E-state index contributed by atoms with van der Waals surface area (Å²) in [5, 5.41) is 6.25. The first-order valence-electron chi connectivity index (χ1n) is 7.63. The summed E-state index contributed by atoms with van der Waals surface area (Å²) >= 11 is 0. The third kappa shape index (κ3) is 4.49. The lowest BCUT2D eigenvalue weighted by atomic mass is 9.95. The lowest BCUT2D eigenvalue weighted by Gasteiger charge is -2.18. The van der Waals surface area contributed by atoms with Gasteiger partial charge in [0.1, 0.15) is 5.75 Å². The van der Waals surface area contributed by atoms with Gasteiger partial charge in [0.2, 0.25) is 5.91 Å². The molecule has 0 unspecified atom stereocenters. The predicted molar refractivity (Wildman–Crippen MR) is 95.5 cm³/mol. The number of methoxy groups -OCH3 is 1. The largest absolute Gasteiger partial charge is 0.495 e. The maximum absolute atomic E-state index is 12.0. The molecule has 0 aliphatic heterocycles. The zero-order chi connectivity index (χ0) is 17.0. The SMILES string of the molecule is COc1ccc(C)cc1Nc1ccc(NC(=O)C(C)(C)C)cc1. The topological polar surface area (TPSA) is 50.4 Å². The molecule has 0 atom stereocenters. The van der Waals surface area contributed by atoms with Crippen molar-refractivity contribution in [3.63, 3.8) is 0 Å². The summed E-state index contributed by atoms with van der Waals surface area (Å²) in [6, 6.07) is 13.6. The Morgan fingerprint density at radius 1 is 1.00 bits per heavy atom. The Morgan fingerprint density at radius 3 is 2.17 bits per heavy atom. The van der Waals surface area contributed by atoms with Crippen LogP contribution in [0.25, 0.3) is 0 Å². The average Bonchev–Trinajstić information content (AvgIpc) is 2.48. The molecule has 0 fully saturated rings. The van der Waals surface area contributed by atoms with Crippen LogP contribution in [0.4, 0.5) is 17.1 Å². The lowest BCUT2D eigenvalue weighted by molar-refractivity contribution is -0.123. The fraction of sp³-hybridized carbons (Fsp3) is 0.316. The molecule has 4 heteroatoms. The number of nitrogens with one attached hydrogen (secondary N) is 2. The maximum Gasteiger partial charge on any atom is 0.229 e. The summed E-state index contributed by atoms with van der Waals surface area (Å²) in [4.78, 5) is 12.0. The smallest absolute Gasteiger partial charge is 0.229 e. The molecular formula is C19H24N2O2. The maximum atomic E-state index is 12.0. The van der Waals surface area contributed by atoms with Crippen molar-refractivity contribution in [1.82, 2.24) is 0 Å². The minimum Gasteiger partial charge on any atom is -0.495 e. The number of carbonyl (C=O) groups is 1. The molecule has 0 spiro atoms. The number of amides is 1. The van der Waals surface area contributed by atoms with E-state index in [1.54, 1.807) is 7.11 Å². The zero-order valence-electron chi connectivity index (χ0n) is 14.4. The highest BCUT2D eigenvalue weighted by molar-refractivity contribution is 5.94. The monoisotopic (exact) mass is 312 g/mol. The van der Waals surface area contributed by atoms with Crippen LogP contribution >= 0.6 is 0 Å². The summed E-state index contributed by atoms with van der Waals surface area (Å²) in [6.07, 6.45) is 0. The summed E-state index contributed by atoms with van der Waals surface area (Å²) in [6.45, 7) is 7.71. The Bertz CT molecular complexity index is 686. The van der Waals surface area contributed by atoms with Gasteiger partial charge in [0, 0.05) is 16.8 Å². The highest BCUT2D eigenvalue weighted by atomic mass is 16.5. The number of ether oxygens (including phenoxy) is 1. The second kappa shape index (κ2) is 6.73. The van der Waals surface area contributed by atoms with Crippen LogP contribution in [0.5, 0.6) is 5.75 Å². The van der Waals surface area contributed by atoms with E-state index in [0.29, 0.717) is 0 Å². The van der Waals surface area contributed by atoms with Crippen LogP contribution in [0.15, 0.2) is 42.5 Å². The molecule has 0 heterocycles. The van der Waals surface area contributed by atoms with Crippen molar-refractivity contribution in [2.24, 2.45) is 5.41 Å². The second-order valence-electron chi connectivity index (χ2n) is 6.61. The molecule has 0 saturated carbocycles. The number of benzene rings is 2. The van der Waals surface area contributed by atoms with Crippen LogP contribution in [-0.4, -0.2) is 13.0 Å². The van der Waals surface area contributed by atoms with Crippen LogP contribution in [0.3, 0.4) is 0 Å². The zero-order valence-corrected chi connectivity index (χ0v) is 14.4. The van der Waals surface area contributed by atoms with E-state index in [-0.39, 0.29) is 5.91 Å². The molecule has 0 aliphatic carbocycles. The number of hydrogen-bond donors (Lipinski definition) is 2. The Hall–Kier alpha value is -2.49. The normalized spacial score (nSPS) is 11.0. The molecule has 1 amide bonds. The fourth-order valence-electron chi connectivity index (χ4n) is 2.03. The highest BCUT2D eigenvalue weighted by Crippen LogP contribution is 2.29. The van der Waals surface area contributed by atoms with E-state index in [0.717, 1.165) is 28.4 Å². The molecule has 4 nitrogen and oxygen atoms in total. The molecule has 0 bridgehead atoms. The molecule has 2 aromatic rings. The van der Waals surface area contributed by atoms with E-state index >= 15 is 0 Å². The first-order valence-corrected chi connectivity index (χ1v) is 7.63. The van der Waals surface area contributed by atoms with Gasteiger partial charge in [0.25, 0.3) is 0 Å². The van der Waals surface area contributed by atoms with E-state index in [1.165, 1.54) is 0 Å². The van der Waals surface area contributed by atoms with Crippen molar-refractivity contribution in [1.29, 1.82) is 0 Å². The standard InChI is InChI=1S/C19H24N2O2/c1-13-6-11-17(23-5)16(12-13)20-14-7-9-15(10-8-14)21-18(22)19(2,3)4/h6-12,20H,1-5H3,(H,21,22). The molecule has 122 valence electrons. The van der Waals surface area contributed by atoms with Gasteiger partial charge in [-0.3, -0.25) is 4.79 Å². The third-order valence-corrected chi connectivity index (χ3v) is 3.46. The highest BCUT2D eigenvalue weighted by Gasteiger charge is 2.20.